The molecule has 2 fully saturated rings. The number of non-ortho nitro benzene ring substituents is 1. The molecule has 0 heterocycles. The molecule has 118 valence electrons. The van der Waals surface area contributed by atoms with Crippen LogP contribution in [-0.4, -0.2) is 16.9 Å². The van der Waals surface area contributed by atoms with Gasteiger partial charge in [0.25, 0.3) is 11.6 Å². The third kappa shape index (κ3) is 2.82. The highest BCUT2D eigenvalue weighted by atomic mass is 35.5. The summed E-state index contributed by atoms with van der Waals surface area (Å²) in [6.07, 6.45) is 5.03. The Balaban J connectivity index is 1.71. The van der Waals surface area contributed by atoms with Gasteiger partial charge in [0.05, 0.1) is 15.5 Å². The molecule has 0 aliphatic heterocycles. The van der Waals surface area contributed by atoms with Crippen LogP contribution in [-0.2, 0) is 0 Å². The van der Waals surface area contributed by atoms with Crippen LogP contribution < -0.4 is 5.32 Å². The molecule has 0 spiro atoms. The Morgan fingerprint density at radius 1 is 1.41 bits per heavy atom. The first-order valence-corrected chi connectivity index (χ1v) is 8.08. The quantitative estimate of drug-likeness (QED) is 0.677. The van der Waals surface area contributed by atoms with Gasteiger partial charge in [-0.3, -0.25) is 14.9 Å². The van der Waals surface area contributed by atoms with Crippen LogP contribution in [0.1, 0.15) is 43.0 Å². The topological polar surface area (TPSA) is 72.2 Å². The van der Waals surface area contributed by atoms with Gasteiger partial charge >= 0.3 is 0 Å². The Labute approximate surface area is 134 Å². The summed E-state index contributed by atoms with van der Waals surface area (Å²) in [7, 11) is 0. The van der Waals surface area contributed by atoms with E-state index < -0.39 is 4.92 Å². The van der Waals surface area contributed by atoms with Crippen LogP contribution in [0.25, 0.3) is 0 Å². The Morgan fingerprint density at radius 2 is 2.18 bits per heavy atom. The molecular formula is C16H19ClN2O3. The van der Waals surface area contributed by atoms with E-state index in [2.05, 4.69) is 5.32 Å². The second kappa shape index (κ2) is 5.88. The average molecular weight is 323 g/mol. The maximum atomic E-state index is 12.4. The molecule has 1 amide bonds. The van der Waals surface area contributed by atoms with Gasteiger partial charge in [0.2, 0.25) is 0 Å². The van der Waals surface area contributed by atoms with Crippen molar-refractivity contribution in [1.82, 2.24) is 5.32 Å². The third-order valence-corrected chi connectivity index (χ3v) is 5.53. The van der Waals surface area contributed by atoms with Crippen LogP contribution in [0.15, 0.2) is 18.2 Å². The number of fused-ring (bicyclic) bond motifs is 2. The molecule has 4 unspecified atom stereocenters. The number of nitrogens with zero attached hydrogens (tertiary/aromatic N) is 1. The van der Waals surface area contributed by atoms with Crippen LogP contribution in [0.5, 0.6) is 0 Å². The van der Waals surface area contributed by atoms with Crippen molar-refractivity contribution < 1.29 is 9.72 Å². The summed E-state index contributed by atoms with van der Waals surface area (Å²) < 4.78 is 0. The minimum absolute atomic E-state index is 0.0677. The lowest BCUT2D eigenvalue weighted by Gasteiger charge is -2.28. The third-order valence-electron chi connectivity index (χ3n) is 5.20. The first kappa shape index (κ1) is 15.3. The maximum Gasteiger partial charge on any atom is 0.270 e. The Bertz CT molecular complexity index is 619. The molecule has 3 rings (SSSR count). The fraction of sp³-hybridized carbons (Fsp3) is 0.562. The van der Waals surface area contributed by atoms with Crippen molar-refractivity contribution in [3.8, 4) is 0 Å². The fourth-order valence-corrected chi connectivity index (χ4v) is 4.30. The zero-order chi connectivity index (χ0) is 15.9. The van der Waals surface area contributed by atoms with Crippen LogP contribution >= 0.6 is 11.6 Å². The molecule has 0 aromatic heterocycles. The summed E-state index contributed by atoms with van der Waals surface area (Å²) >= 11 is 6.02. The summed E-state index contributed by atoms with van der Waals surface area (Å²) in [6.45, 7) is 2.02. The fourth-order valence-electron chi connectivity index (χ4n) is 4.10. The first-order chi connectivity index (χ1) is 10.5. The van der Waals surface area contributed by atoms with Gasteiger partial charge in [0, 0.05) is 18.2 Å². The summed E-state index contributed by atoms with van der Waals surface area (Å²) in [5, 5.41) is 14.1. The van der Waals surface area contributed by atoms with Gasteiger partial charge in [-0.25, -0.2) is 0 Å². The van der Waals surface area contributed by atoms with Crippen molar-refractivity contribution in [3.63, 3.8) is 0 Å². The van der Waals surface area contributed by atoms with Gasteiger partial charge in [-0.15, -0.1) is 0 Å². The lowest BCUT2D eigenvalue weighted by atomic mass is 9.84. The molecule has 1 aromatic carbocycles. The Morgan fingerprint density at radius 3 is 2.77 bits per heavy atom. The zero-order valence-electron chi connectivity index (χ0n) is 12.4. The van der Waals surface area contributed by atoms with Crippen molar-refractivity contribution in [2.75, 3.05) is 0 Å². The van der Waals surface area contributed by atoms with Crippen LogP contribution in [0, 0.1) is 27.9 Å². The van der Waals surface area contributed by atoms with Crippen molar-refractivity contribution >= 4 is 23.2 Å². The number of halogens is 1. The zero-order valence-corrected chi connectivity index (χ0v) is 13.2. The van der Waals surface area contributed by atoms with Gasteiger partial charge in [0.15, 0.2) is 0 Å². The highest BCUT2D eigenvalue weighted by Gasteiger charge is 2.42. The molecular weight excluding hydrogens is 304 g/mol. The summed E-state index contributed by atoms with van der Waals surface area (Å²) in [6, 6.07) is 4.01. The van der Waals surface area contributed by atoms with Crippen molar-refractivity contribution in [3.05, 3.63) is 38.9 Å². The standard InChI is InChI=1S/C16H19ClN2O3/c1-9(13-7-10-2-3-11(13)6-10)18-16(20)14-8-12(19(21)22)4-5-15(14)17/h4-5,8-11,13H,2-3,6-7H2,1H3,(H,18,20). The number of carbonyl (C=O) groups is 1. The molecule has 0 radical (unpaired) electrons. The molecule has 5 nitrogen and oxygen atoms in total. The summed E-state index contributed by atoms with van der Waals surface area (Å²) in [5.74, 6) is 1.71. The molecule has 1 aromatic rings. The van der Waals surface area contributed by atoms with Crippen molar-refractivity contribution in [2.45, 2.75) is 38.6 Å². The van der Waals surface area contributed by atoms with Gasteiger partial charge in [0.1, 0.15) is 0 Å². The SMILES string of the molecule is CC(NC(=O)c1cc([N+](=O)[O-])ccc1Cl)C1CC2CCC1C2. The van der Waals surface area contributed by atoms with Gasteiger partial charge in [-0.05, 0) is 50.0 Å². The van der Waals surface area contributed by atoms with Crippen molar-refractivity contribution in [1.29, 1.82) is 0 Å². The number of nitro groups is 1. The monoisotopic (exact) mass is 322 g/mol. The Kier molecular flexibility index (Phi) is 4.08. The summed E-state index contributed by atoms with van der Waals surface area (Å²) in [5.41, 5.74) is 0.0491. The van der Waals surface area contributed by atoms with E-state index in [0.29, 0.717) is 11.8 Å². The maximum absolute atomic E-state index is 12.4. The van der Waals surface area contributed by atoms with Gasteiger partial charge in [-0.2, -0.15) is 0 Å². The van der Waals surface area contributed by atoms with Crippen LogP contribution in [0.3, 0.4) is 0 Å². The van der Waals surface area contributed by atoms with E-state index in [1.807, 2.05) is 6.92 Å². The van der Waals surface area contributed by atoms with Gasteiger partial charge in [-0.1, -0.05) is 18.0 Å². The summed E-state index contributed by atoms with van der Waals surface area (Å²) in [4.78, 5) is 22.7. The largest absolute Gasteiger partial charge is 0.349 e. The lowest BCUT2D eigenvalue weighted by Crippen LogP contribution is -2.40. The predicted molar refractivity (Wildman–Crippen MR) is 84.0 cm³/mol. The predicted octanol–water partition coefficient (Wildman–Crippen LogP) is 3.80. The minimum atomic E-state index is -0.521. The molecule has 2 aliphatic carbocycles. The van der Waals surface area contributed by atoms with Crippen LogP contribution in [0.2, 0.25) is 5.02 Å². The molecule has 6 heteroatoms. The van der Waals surface area contributed by atoms with E-state index in [9.17, 15) is 14.9 Å². The second-order valence-electron chi connectivity index (χ2n) is 6.52. The molecule has 22 heavy (non-hydrogen) atoms. The van der Waals surface area contributed by atoms with E-state index in [1.54, 1.807) is 0 Å². The van der Waals surface area contributed by atoms with E-state index >= 15 is 0 Å². The molecule has 1 N–H and O–H groups in total. The number of nitrogens with one attached hydrogen (secondary N) is 1. The highest BCUT2D eigenvalue weighted by molar-refractivity contribution is 6.33. The normalized spacial score (nSPS) is 27.6. The van der Waals surface area contributed by atoms with E-state index in [1.165, 1.54) is 43.9 Å². The smallest absolute Gasteiger partial charge is 0.270 e. The first-order valence-electron chi connectivity index (χ1n) is 7.70. The van der Waals surface area contributed by atoms with Gasteiger partial charge < -0.3 is 5.32 Å². The van der Waals surface area contributed by atoms with E-state index in [4.69, 9.17) is 11.6 Å². The van der Waals surface area contributed by atoms with E-state index in [0.717, 1.165) is 5.92 Å². The van der Waals surface area contributed by atoms with Crippen molar-refractivity contribution in [2.24, 2.45) is 17.8 Å². The van der Waals surface area contributed by atoms with Crippen LogP contribution in [0.4, 0.5) is 5.69 Å². The minimum Gasteiger partial charge on any atom is -0.349 e. The van der Waals surface area contributed by atoms with E-state index in [-0.39, 0.29) is 28.2 Å². The number of amides is 1. The highest BCUT2D eigenvalue weighted by Crippen LogP contribution is 2.49. The second-order valence-corrected chi connectivity index (χ2v) is 6.93. The number of hydrogen-bond acceptors (Lipinski definition) is 3. The number of nitro benzene ring substituents is 1. The number of hydrogen-bond donors (Lipinski definition) is 1. The molecule has 2 aliphatic rings. The molecule has 2 saturated carbocycles. The number of carbonyl (C=O) groups excluding carboxylic acids is 1. The molecule has 2 bridgehead atoms. The number of rotatable bonds is 4. The molecule has 4 atom stereocenters. The number of benzene rings is 1. The lowest BCUT2D eigenvalue weighted by molar-refractivity contribution is -0.384. The average Bonchev–Trinajstić information content (AvgIpc) is 3.09. The molecule has 0 saturated heterocycles. The Hall–Kier alpha value is -1.62.